The summed E-state index contributed by atoms with van der Waals surface area (Å²) in [5, 5.41) is 1.000. The molecule has 3 nitrogen and oxygen atoms in total. The molecule has 0 bridgehead atoms. The van der Waals surface area contributed by atoms with Crippen molar-refractivity contribution >= 4 is 21.6 Å². The van der Waals surface area contributed by atoms with E-state index in [0.717, 1.165) is 32.1 Å². The number of ether oxygens (including phenoxy) is 2. The Bertz CT molecular complexity index is 752. The second-order valence-corrected chi connectivity index (χ2v) is 5.80. The Balaban J connectivity index is 2.23. The maximum absolute atomic E-state index is 5.47. The quantitative estimate of drug-likeness (QED) is 0.701. The van der Waals surface area contributed by atoms with Crippen LogP contribution in [0.25, 0.3) is 20.8 Å². The fraction of sp³-hybridized carbons (Fsp3) is 0.235. The van der Waals surface area contributed by atoms with Crippen molar-refractivity contribution in [2.45, 2.75) is 13.0 Å². The maximum atomic E-state index is 5.47. The van der Waals surface area contributed by atoms with Crippen LogP contribution in [0, 0.1) is 0 Å². The lowest BCUT2D eigenvalue weighted by Gasteiger charge is -2.11. The van der Waals surface area contributed by atoms with Crippen molar-refractivity contribution in [1.29, 1.82) is 0 Å². The van der Waals surface area contributed by atoms with Crippen LogP contribution < -0.4 is 4.74 Å². The molecule has 21 heavy (non-hydrogen) atoms. The predicted octanol–water partition coefficient (Wildman–Crippen LogP) is 4.68. The first kappa shape index (κ1) is 14.0. The molecule has 1 heterocycles. The predicted molar refractivity (Wildman–Crippen MR) is 87.0 cm³/mol. The summed E-state index contributed by atoms with van der Waals surface area (Å²) in [6.07, 6.45) is 0.00382. The number of hydrogen-bond donors (Lipinski definition) is 0. The molecule has 0 aliphatic heterocycles. The van der Waals surface area contributed by atoms with Crippen molar-refractivity contribution in [2.75, 3.05) is 14.2 Å². The summed E-state index contributed by atoms with van der Waals surface area (Å²) in [5.74, 6) is 0.858. The van der Waals surface area contributed by atoms with Gasteiger partial charge in [0.05, 0.1) is 23.4 Å². The fourth-order valence-electron chi connectivity index (χ4n) is 2.32. The van der Waals surface area contributed by atoms with Gasteiger partial charge in [0.15, 0.2) is 0 Å². The highest BCUT2D eigenvalue weighted by atomic mass is 32.1. The molecular weight excluding hydrogens is 282 g/mol. The lowest BCUT2D eigenvalue weighted by atomic mass is 10.1. The number of methoxy groups -OCH3 is 2. The van der Waals surface area contributed by atoms with Gasteiger partial charge in [0.25, 0.3) is 0 Å². The van der Waals surface area contributed by atoms with E-state index >= 15 is 0 Å². The molecule has 0 aliphatic rings. The van der Waals surface area contributed by atoms with Gasteiger partial charge >= 0.3 is 0 Å². The Labute approximate surface area is 128 Å². The highest BCUT2D eigenvalue weighted by Crippen LogP contribution is 2.39. The Kier molecular flexibility index (Phi) is 3.90. The summed E-state index contributed by atoms with van der Waals surface area (Å²) < 4.78 is 12.0. The Morgan fingerprint density at radius 1 is 1.05 bits per heavy atom. The van der Waals surface area contributed by atoms with Crippen molar-refractivity contribution in [3.8, 4) is 16.3 Å². The third-order valence-electron chi connectivity index (χ3n) is 3.57. The van der Waals surface area contributed by atoms with Gasteiger partial charge in [0.2, 0.25) is 0 Å². The molecule has 2 aromatic carbocycles. The molecule has 1 aromatic heterocycles. The average Bonchev–Trinajstić information content (AvgIpc) is 2.99. The number of benzene rings is 2. The van der Waals surface area contributed by atoms with Gasteiger partial charge in [-0.15, -0.1) is 11.3 Å². The van der Waals surface area contributed by atoms with Gasteiger partial charge in [0, 0.05) is 18.2 Å². The molecule has 4 heteroatoms. The van der Waals surface area contributed by atoms with Crippen LogP contribution in [0.4, 0.5) is 0 Å². The van der Waals surface area contributed by atoms with E-state index in [0.29, 0.717) is 0 Å². The fourth-order valence-corrected chi connectivity index (χ4v) is 3.42. The molecule has 1 atom stereocenters. The molecule has 0 N–H and O–H groups in total. The highest BCUT2D eigenvalue weighted by Gasteiger charge is 2.17. The van der Waals surface area contributed by atoms with Crippen molar-refractivity contribution in [2.24, 2.45) is 0 Å². The van der Waals surface area contributed by atoms with Crippen molar-refractivity contribution < 1.29 is 9.47 Å². The lowest BCUT2D eigenvalue weighted by Crippen LogP contribution is -1.97. The van der Waals surface area contributed by atoms with Crippen LogP contribution in [0.3, 0.4) is 0 Å². The first-order valence-corrected chi connectivity index (χ1v) is 7.62. The maximum Gasteiger partial charge on any atom is 0.138 e. The summed E-state index contributed by atoms with van der Waals surface area (Å²) >= 11 is 1.65. The van der Waals surface area contributed by atoms with E-state index < -0.39 is 0 Å². The van der Waals surface area contributed by atoms with E-state index in [1.165, 1.54) is 0 Å². The molecule has 0 fully saturated rings. The van der Waals surface area contributed by atoms with Crippen LogP contribution in [0.15, 0.2) is 42.5 Å². The summed E-state index contributed by atoms with van der Waals surface area (Å²) in [4.78, 5) is 4.82. The molecule has 0 aliphatic carbocycles. The van der Waals surface area contributed by atoms with Crippen LogP contribution in [-0.2, 0) is 4.74 Å². The monoisotopic (exact) mass is 299 g/mol. The molecule has 0 saturated heterocycles. The minimum Gasteiger partial charge on any atom is -0.495 e. The van der Waals surface area contributed by atoms with E-state index in [2.05, 4.69) is 12.1 Å². The Morgan fingerprint density at radius 3 is 2.48 bits per heavy atom. The number of rotatable bonds is 4. The number of thiazole rings is 1. The molecule has 3 aromatic rings. The molecule has 0 saturated carbocycles. The number of hydrogen-bond acceptors (Lipinski definition) is 4. The zero-order valence-electron chi connectivity index (χ0n) is 12.3. The second-order valence-electron chi connectivity index (χ2n) is 4.80. The first-order valence-electron chi connectivity index (χ1n) is 6.80. The van der Waals surface area contributed by atoms with E-state index in [4.69, 9.17) is 14.5 Å². The minimum absolute atomic E-state index is 0.00382. The number of nitrogens with zero attached hydrogens (tertiary/aromatic N) is 1. The Morgan fingerprint density at radius 2 is 1.81 bits per heavy atom. The van der Waals surface area contributed by atoms with Gasteiger partial charge in [-0.1, -0.05) is 36.4 Å². The third-order valence-corrected chi connectivity index (χ3v) is 4.69. The number of aromatic nitrogens is 1. The lowest BCUT2D eigenvalue weighted by molar-refractivity contribution is 0.120. The molecule has 0 spiro atoms. The van der Waals surface area contributed by atoms with Crippen LogP contribution >= 0.6 is 11.3 Å². The van der Waals surface area contributed by atoms with E-state index in [1.54, 1.807) is 25.6 Å². The first-order chi connectivity index (χ1) is 10.2. The second kappa shape index (κ2) is 5.84. The summed E-state index contributed by atoms with van der Waals surface area (Å²) in [7, 11) is 3.40. The third kappa shape index (κ3) is 2.52. The van der Waals surface area contributed by atoms with Crippen molar-refractivity contribution in [3.05, 3.63) is 48.0 Å². The molecular formula is C17H17NO2S. The minimum atomic E-state index is 0.00382. The zero-order chi connectivity index (χ0) is 14.8. The molecule has 3 rings (SSSR count). The van der Waals surface area contributed by atoms with Crippen LogP contribution in [-0.4, -0.2) is 19.2 Å². The summed E-state index contributed by atoms with van der Waals surface area (Å²) in [5.41, 5.74) is 3.18. The van der Waals surface area contributed by atoms with Crippen LogP contribution in [0.5, 0.6) is 5.75 Å². The summed E-state index contributed by atoms with van der Waals surface area (Å²) in [6, 6.07) is 14.2. The summed E-state index contributed by atoms with van der Waals surface area (Å²) in [6.45, 7) is 2.03. The van der Waals surface area contributed by atoms with Gasteiger partial charge in [0.1, 0.15) is 10.8 Å². The molecule has 0 radical (unpaired) electrons. The average molecular weight is 299 g/mol. The van der Waals surface area contributed by atoms with Crippen LogP contribution in [0.1, 0.15) is 18.6 Å². The van der Waals surface area contributed by atoms with Crippen LogP contribution in [0.2, 0.25) is 0 Å². The van der Waals surface area contributed by atoms with Gasteiger partial charge in [-0.3, -0.25) is 0 Å². The molecule has 108 valence electrons. The zero-order valence-corrected chi connectivity index (χ0v) is 13.1. The normalized spacial score (nSPS) is 12.5. The van der Waals surface area contributed by atoms with Gasteiger partial charge in [-0.05, 0) is 13.0 Å². The van der Waals surface area contributed by atoms with E-state index in [9.17, 15) is 0 Å². The van der Waals surface area contributed by atoms with E-state index in [-0.39, 0.29) is 6.10 Å². The standard InChI is InChI=1S/C17H17NO2S/c1-11(19-2)13-9-10-14(20-3)16-15(13)18-17(21-16)12-7-5-4-6-8-12/h4-11H,1-3H3. The molecule has 1 unspecified atom stereocenters. The number of fused-ring (bicyclic) bond motifs is 1. The SMILES string of the molecule is COc1ccc(C(C)OC)c2nc(-c3ccccc3)sc12. The van der Waals surface area contributed by atoms with Crippen molar-refractivity contribution in [1.82, 2.24) is 4.98 Å². The van der Waals surface area contributed by atoms with E-state index in [1.807, 2.05) is 37.3 Å². The largest absolute Gasteiger partial charge is 0.495 e. The topological polar surface area (TPSA) is 31.4 Å². The Hall–Kier alpha value is -1.91. The van der Waals surface area contributed by atoms with Gasteiger partial charge in [-0.2, -0.15) is 0 Å². The van der Waals surface area contributed by atoms with Gasteiger partial charge < -0.3 is 9.47 Å². The highest BCUT2D eigenvalue weighted by molar-refractivity contribution is 7.22. The molecule has 0 amide bonds. The van der Waals surface area contributed by atoms with Crippen molar-refractivity contribution in [3.63, 3.8) is 0 Å². The van der Waals surface area contributed by atoms with Gasteiger partial charge in [-0.25, -0.2) is 4.98 Å². The smallest absolute Gasteiger partial charge is 0.138 e.